The molecule has 0 radical (unpaired) electrons. The Kier molecular flexibility index (Phi) is 5.44. The van der Waals surface area contributed by atoms with E-state index in [-0.39, 0.29) is 24.1 Å². The lowest BCUT2D eigenvalue weighted by Crippen LogP contribution is -2.56. The Morgan fingerprint density at radius 1 is 0.941 bits per heavy atom. The minimum atomic E-state index is -0.256. The summed E-state index contributed by atoms with van der Waals surface area (Å²) in [4.78, 5) is 15.2. The first-order valence-electron chi connectivity index (χ1n) is 11.9. The Morgan fingerprint density at radius 3 is 2.26 bits per heavy atom. The second-order valence-electron chi connectivity index (χ2n) is 9.27. The largest absolute Gasteiger partial charge is 0.448 e. The van der Waals surface area contributed by atoms with Crippen LogP contribution < -0.4 is 5.73 Å². The van der Waals surface area contributed by atoms with E-state index in [0.29, 0.717) is 26.4 Å². The molecule has 0 saturated carbocycles. The fourth-order valence-corrected chi connectivity index (χ4v) is 5.62. The van der Waals surface area contributed by atoms with Crippen molar-refractivity contribution in [2.24, 2.45) is 5.73 Å². The molecule has 2 N–H and O–H groups in total. The van der Waals surface area contributed by atoms with Gasteiger partial charge in [0, 0.05) is 12.5 Å². The summed E-state index contributed by atoms with van der Waals surface area (Å²) in [6.07, 6.45) is 2.66. The minimum absolute atomic E-state index is 0.0245. The number of ether oxygens (including phenoxy) is 2. The lowest BCUT2D eigenvalue weighted by Gasteiger charge is -2.44. The van der Waals surface area contributed by atoms with Gasteiger partial charge >= 0.3 is 6.09 Å². The molecule has 2 bridgehead atoms. The summed E-state index contributed by atoms with van der Waals surface area (Å²) in [5.74, 6) is 0.0596. The van der Waals surface area contributed by atoms with Gasteiger partial charge in [0.2, 0.25) is 0 Å². The number of fused-ring (bicyclic) bond motifs is 5. The molecule has 172 valence electrons. The van der Waals surface area contributed by atoms with Crippen LogP contribution >= 0.6 is 0 Å². The van der Waals surface area contributed by atoms with Crippen LogP contribution in [0.25, 0.3) is 16.7 Å². The molecule has 2 aliphatic heterocycles. The molecule has 5 nitrogen and oxygen atoms in total. The highest BCUT2D eigenvalue weighted by molar-refractivity contribution is 5.79. The molecule has 0 spiro atoms. The molecule has 5 heteroatoms. The number of morpholine rings is 1. The number of carbonyl (C=O) groups excluding carboxylic acids is 1. The van der Waals surface area contributed by atoms with Gasteiger partial charge in [0.25, 0.3) is 0 Å². The molecule has 2 unspecified atom stereocenters. The summed E-state index contributed by atoms with van der Waals surface area (Å²) >= 11 is 0. The summed E-state index contributed by atoms with van der Waals surface area (Å²) in [6, 6.07) is 25.0. The number of rotatable bonds is 4. The van der Waals surface area contributed by atoms with E-state index in [1.807, 2.05) is 4.90 Å². The first kappa shape index (κ1) is 21.1. The molecular weight excluding hydrogens is 424 g/mol. The van der Waals surface area contributed by atoms with Gasteiger partial charge in [-0.15, -0.1) is 0 Å². The molecule has 3 aromatic rings. The number of nitrogens with zero attached hydrogens (tertiary/aromatic N) is 1. The number of benzene rings is 3. The monoisotopic (exact) mass is 452 g/mol. The Morgan fingerprint density at radius 2 is 1.62 bits per heavy atom. The zero-order valence-corrected chi connectivity index (χ0v) is 19.0. The van der Waals surface area contributed by atoms with E-state index < -0.39 is 0 Å². The van der Waals surface area contributed by atoms with Crippen LogP contribution in [0, 0.1) is 0 Å². The van der Waals surface area contributed by atoms with Crippen molar-refractivity contribution in [2.75, 3.05) is 19.8 Å². The highest BCUT2D eigenvalue weighted by Crippen LogP contribution is 2.44. The van der Waals surface area contributed by atoms with Crippen LogP contribution in [0.4, 0.5) is 4.79 Å². The van der Waals surface area contributed by atoms with Crippen molar-refractivity contribution < 1.29 is 14.3 Å². The third-order valence-electron chi connectivity index (χ3n) is 7.31. The number of hydrogen-bond acceptors (Lipinski definition) is 4. The van der Waals surface area contributed by atoms with Crippen LogP contribution in [0.3, 0.4) is 0 Å². The maximum absolute atomic E-state index is 13.3. The van der Waals surface area contributed by atoms with Crippen LogP contribution in [0.5, 0.6) is 0 Å². The predicted octanol–water partition coefficient (Wildman–Crippen LogP) is 4.95. The molecule has 2 atom stereocenters. The van der Waals surface area contributed by atoms with Crippen LogP contribution in [0.15, 0.2) is 78.9 Å². The molecule has 0 aromatic heterocycles. The number of hydrogen-bond donors (Lipinski definition) is 1. The number of carbonyl (C=O) groups is 1. The van der Waals surface area contributed by atoms with Crippen molar-refractivity contribution in [2.45, 2.75) is 31.0 Å². The number of amides is 1. The zero-order valence-electron chi connectivity index (χ0n) is 19.0. The molecule has 3 aromatic carbocycles. The summed E-state index contributed by atoms with van der Waals surface area (Å²) in [5, 5.41) is 0. The Bertz CT molecular complexity index is 1200. The second-order valence-corrected chi connectivity index (χ2v) is 9.27. The second kappa shape index (κ2) is 8.75. The molecule has 1 saturated heterocycles. The van der Waals surface area contributed by atoms with Crippen LogP contribution in [-0.4, -0.2) is 42.9 Å². The smallest absolute Gasteiger partial charge is 0.410 e. The molecule has 6 rings (SSSR count). The van der Waals surface area contributed by atoms with E-state index in [2.05, 4.69) is 78.9 Å². The standard InChI is InChI=1S/C29H28N2O3/c30-15-19-9-11-20(12-10-19)21-13-22-16-33-17-23(14-21)31(22)29(32)34-18-28-26-7-3-1-5-24(26)25-6-2-4-8-27(25)28/h1-13,22-23,28H,14-18,30H2. The Balaban J connectivity index is 1.20. The van der Waals surface area contributed by atoms with Gasteiger partial charge < -0.3 is 15.2 Å². The van der Waals surface area contributed by atoms with Gasteiger partial charge in [-0.1, -0.05) is 78.9 Å². The fraction of sp³-hybridized carbons (Fsp3) is 0.276. The Labute approximate surface area is 199 Å². The fourth-order valence-electron chi connectivity index (χ4n) is 5.62. The molecule has 1 fully saturated rings. The van der Waals surface area contributed by atoms with E-state index in [1.165, 1.54) is 33.4 Å². The highest BCUT2D eigenvalue weighted by Gasteiger charge is 2.39. The average Bonchev–Trinajstić information content (AvgIpc) is 3.20. The minimum Gasteiger partial charge on any atom is -0.448 e. The topological polar surface area (TPSA) is 64.8 Å². The maximum Gasteiger partial charge on any atom is 0.410 e. The van der Waals surface area contributed by atoms with E-state index >= 15 is 0 Å². The summed E-state index contributed by atoms with van der Waals surface area (Å²) in [6.45, 7) is 1.89. The molecule has 34 heavy (non-hydrogen) atoms. The maximum atomic E-state index is 13.3. The van der Waals surface area contributed by atoms with Crippen molar-refractivity contribution in [3.63, 3.8) is 0 Å². The van der Waals surface area contributed by atoms with E-state index in [9.17, 15) is 4.79 Å². The third-order valence-corrected chi connectivity index (χ3v) is 7.31. The molecular formula is C29H28N2O3. The summed E-state index contributed by atoms with van der Waals surface area (Å²) in [5.41, 5.74) is 14.2. The van der Waals surface area contributed by atoms with Crippen molar-refractivity contribution in [3.8, 4) is 11.1 Å². The molecule has 3 aliphatic rings. The quantitative estimate of drug-likeness (QED) is 0.608. The van der Waals surface area contributed by atoms with Gasteiger partial charge in [-0.3, -0.25) is 4.90 Å². The van der Waals surface area contributed by atoms with Crippen LogP contribution in [-0.2, 0) is 16.0 Å². The van der Waals surface area contributed by atoms with E-state index in [4.69, 9.17) is 15.2 Å². The first-order chi connectivity index (χ1) is 16.7. The van der Waals surface area contributed by atoms with Crippen molar-refractivity contribution in [1.82, 2.24) is 4.90 Å². The average molecular weight is 453 g/mol. The third kappa shape index (κ3) is 3.61. The van der Waals surface area contributed by atoms with Crippen LogP contribution in [0.2, 0.25) is 0 Å². The number of nitrogens with two attached hydrogens (primary N) is 1. The normalized spacial score (nSPS) is 21.0. The van der Waals surface area contributed by atoms with Gasteiger partial charge in [-0.25, -0.2) is 4.79 Å². The first-order valence-corrected chi connectivity index (χ1v) is 11.9. The van der Waals surface area contributed by atoms with Crippen LogP contribution in [0.1, 0.15) is 34.6 Å². The van der Waals surface area contributed by atoms with Gasteiger partial charge in [0.05, 0.1) is 25.3 Å². The molecule has 1 amide bonds. The Hall–Kier alpha value is -3.41. The highest BCUT2D eigenvalue weighted by atomic mass is 16.6. The van der Waals surface area contributed by atoms with E-state index in [0.717, 1.165) is 12.0 Å². The van der Waals surface area contributed by atoms with Gasteiger partial charge in [0.15, 0.2) is 0 Å². The predicted molar refractivity (Wildman–Crippen MR) is 132 cm³/mol. The zero-order chi connectivity index (χ0) is 23.1. The van der Waals surface area contributed by atoms with Gasteiger partial charge in [-0.05, 0) is 45.4 Å². The van der Waals surface area contributed by atoms with Crippen molar-refractivity contribution in [1.29, 1.82) is 0 Å². The lowest BCUT2D eigenvalue weighted by molar-refractivity contribution is -0.0331. The van der Waals surface area contributed by atoms with Crippen molar-refractivity contribution in [3.05, 3.63) is 101 Å². The summed E-state index contributed by atoms with van der Waals surface area (Å²) in [7, 11) is 0. The molecule has 1 aliphatic carbocycles. The summed E-state index contributed by atoms with van der Waals surface area (Å²) < 4.78 is 11.8. The van der Waals surface area contributed by atoms with Gasteiger partial charge in [0.1, 0.15) is 6.61 Å². The van der Waals surface area contributed by atoms with Crippen molar-refractivity contribution >= 4 is 11.7 Å². The van der Waals surface area contributed by atoms with Gasteiger partial charge in [-0.2, -0.15) is 0 Å². The molecule has 2 heterocycles. The lowest BCUT2D eigenvalue weighted by atomic mass is 9.90. The SMILES string of the molecule is NCc1ccc(C2=CC3COCC(C2)N3C(=O)OCC2c3ccccc3-c3ccccc32)cc1. The van der Waals surface area contributed by atoms with E-state index in [1.54, 1.807) is 0 Å².